The predicted octanol–water partition coefficient (Wildman–Crippen LogP) is 3.42. The van der Waals surface area contributed by atoms with E-state index < -0.39 is 0 Å². The Balaban J connectivity index is 2.13. The van der Waals surface area contributed by atoms with E-state index in [1.54, 1.807) is 4.90 Å². The quantitative estimate of drug-likeness (QED) is 0.854. The van der Waals surface area contributed by atoms with E-state index in [9.17, 15) is 4.79 Å². The van der Waals surface area contributed by atoms with Crippen molar-refractivity contribution in [3.8, 4) is 0 Å². The lowest BCUT2D eigenvalue weighted by atomic mass is 9.95. The molecule has 3 nitrogen and oxygen atoms in total. The number of benzene rings is 2. The predicted molar refractivity (Wildman–Crippen MR) is 86.8 cm³/mol. The number of hydrogen-bond acceptors (Lipinski definition) is 2. The van der Waals surface area contributed by atoms with E-state index in [0.717, 1.165) is 23.2 Å². The minimum atomic E-state index is -0.0962. The van der Waals surface area contributed by atoms with Crippen LogP contribution in [0.4, 0.5) is 5.69 Å². The molecule has 0 aliphatic rings. The molecule has 2 aromatic rings. The molecule has 1 amide bonds. The number of para-hydroxylation sites is 1. The molecule has 0 fully saturated rings. The summed E-state index contributed by atoms with van der Waals surface area (Å²) in [4.78, 5) is 14.4. The molecule has 3 heteroatoms. The van der Waals surface area contributed by atoms with Crippen LogP contribution in [0.1, 0.15) is 30.4 Å². The number of anilines is 1. The van der Waals surface area contributed by atoms with Gasteiger partial charge in [0.25, 0.3) is 0 Å². The first-order valence-electron chi connectivity index (χ1n) is 7.26. The molecule has 0 spiro atoms. The average Bonchev–Trinajstić information content (AvgIpc) is 2.51. The third-order valence-corrected chi connectivity index (χ3v) is 3.75. The first-order chi connectivity index (χ1) is 10.1. The maximum absolute atomic E-state index is 12.7. The lowest BCUT2D eigenvalue weighted by Gasteiger charge is -2.24. The molecule has 0 aliphatic carbocycles. The Kier molecular flexibility index (Phi) is 4.99. The summed E-state index contributed by atoms with van der Waals surface area (Å²) in [7, 11) is 1.83. The number of rotatable bonds is 5. The van der Waals surface area contributed by atoms with Crippen molar-refractivity contribution in [3.63, 3.8) is 0 Å². The number of nitrogens with zero attached hydrogens (tertiary/aromatic N) is 1. The standard InChI is InChI=1S/C18H22N2O/c1-3-16(14-9-5-4-6-10-14)18(21)20(2)13-15-11-7-8-12-17(15)19/h4-12,16H,3,13,19H2,1-2H3. The third-order valence-electron chi connectivity index (χ3n) is 3.75. The summed E-state index contributed by atoms with van der Waals surface area (Å²) in [5.41, 5.74) is 8.73. The number of carbonyl (C=O) groups excluding carboxylic acids is 1. The largest absolute Gasteiger partial charge is 0.398 e. The number of amides is 1. The van der Waals surface area contributed by atoms with Crippen LogP contribution in [0.15, 0.2) is 54.6 Å². The zero-order valence-electron chi connectivity index (χ0n) is 12.6. The van der Waals surface area contributed by atoms with Gasteiger partial charge in [0, 0.05) is 19.3 Å². The summed E-state index contributed by atoms with van der Waals surface area (Å²) in [6.07, 6.45) is 0.789. The number of nitrogens with two attached hydrogens (primary N) is 1. The summed E-state index contributed by atoms with van der Waals surface area (Å²) >= 11 is 0. The highest BCUT2D eigenvalue weighted by Gasteiger charge is 2.22. The van der Waals surface area contributed by atoms with Crippen molar-refractivity contribution in [1.82, 2.24) is 4.90 Å². The molecule has 1 atom stereocenters. The molecule has 1 unspecified atom stereocenters. The van der Waals surface area contributed by atoms with Crippen molar-refractivity contribution < 1.29 is 4.79 Å². The fourth-order valence-electron chi connectivity index (χ4n) is 2.52. The number of hydrogen-bond donors (Lipinski definition) is 1. The second kappa shape index (κ2) is 6.93. The lowest BCUT2D eigenvalue weighted by Crippen LogP contribution is -2.31. The van der Waals surface area contributed by atoms with Gasteiger partial charge in [-0.05, 0) is 23.6 Å². The Morgan fingerprint density at radius 2 is 1.71 bits per heavy atom. The summed E-state index contributed by atoms with van der Waals surface area (Å²) in [6, 6.07) is 17.6. The normalized spacial score (nSPS) is 11.9. The van der Waals surface area contributed by atoms with Crippen LogP contribution >= 0.6 is 0 Å². The van der Waals surface area contributed by atoms with Crippen molar-refractivity contribution in [2.45, 2.75) is 25.8 Å². The van der Waals surface area contributed by atoms with Crippen LogP contribution in [0, 0.1) is 0 Å². The molecule has 0 saturated carbocycles. The third kappa shape index (κ3) is 3.63. The summed E-state index contributed by atoms with van der Waals surface area (Å²) in [6.45, 7) is 2.58. The maximum Gasteiger partial charge on any atom is 0.230 e. The summed E-state index contributed by atoms with van der Waals surface area (Å²) in [5, 5.41) is 0. The average molecular weight is 282 g/mol. The molecular weight excluding hydrogens is 260 g/mol. The van der Waals surface area contributed by atoms with Gasteiger partial charge in [-0.25, -0.2) is 0 Å². The Labute approximate surface area is 126 Å². The minimum Gasteiger partial charge on any atom is -0.398 e. The Hall–Kier alpha value is -2.29. The Morgan fingerprint density at radius 1 is 1.10 bits per heavy atom. The van der Waals surface area contributed by atoms with Crippen LogP contribution in [-0.4, -0.2) is 17.9 Å². The van der Waals surface area contributed by atoms with Crippen molar-refractivity contribution >= 4 is 11.6 Å². The van der Waals surface area contributed by atoms with Crippen LogP contribution < -0.4 is 5.73 Å². The zero-order valence-corrected chi connectivity index (χ0v) is 12.6. The molecule has 0 bridgehead atoms. The molecule has 2 N–H and O–H groups in total. The van der Waals surface area contributed by atoms with E-state index in [4.69, 9.17) is 5.73 Å². The topological polar surface area (TPSA) is 46.3 Å². The molecule has 21 heavy (non-hydrogen) atoms. The van der Waals surface area contributed by atoms with E-state index in [2.05, 4.69) is 0 Å². The van der Waals surface area contributed by atoms with Gasteiger partial charge in [-0.1, -0.05) is 55.5 Å². The van der Waals surface area contributed by atoms with Gasteiger partial charge < -0.3 is 10.6 Å². The fraction of sp³-hybridized carbons (Fsp3) is 0.278. The first kappa shape index (κ1) is 15.1. The lowest BCUT2D eigenvalue weighted by molar-refractivity contribution is -0.132. The first-order valence-corrected chi connectivity index (χ1v) is 7.26. The number of nitrogen functional groups attached to an aromatic ring is 1. The van der Waals surface area contributed by atoms with E-state index in [-0.39, 0.29) is 11.8 Å². The Bertz CT molecular complexity index is 595. The van der Waals surface area contributed by atoms with Crippen molar-refractivity contribution in [2.75, 3.05) is 12.8 Å². The number of likely N-dealkylation sites (N-methyl/N-ethyl adjacent to an activating group) is 1. The highest BCUT2D eigenvalue weighted by atomic mass is 16.2. The fourth-order valence-corrected chi connectivity index (χ4v) is 2.52. The maximum atomic E-state index is 12.7. The Morgan fingerprint density at radius 3 is 2.33 bits per heavy atom. The molecule has 2 aromatic carbocycles. The second-order valence-corrected chi connectivity index (χ2v) is 5.26. The molecule has 110 valence electrons. The molecule has 0 heterocycles. The highest BCUT2D eigenvalue weighted by molar-refractivity contribution is 5.83. The van der Waals surface area contributed by atoms with Crippen molar-refractivity contribution in [2.24, 2.45) is 0 Å². The van der Waals surface area contributed by atoms with Gasteiger partial charge in [0.1, 0.15) is 0 Å². The molecule has 2 rings (SSSR count). The monoisotopic (exact) mass is 282 g/mol. The van der Waals surface area contributed by atoms with Gasteiger partial charge in [0.05, 0.1) is 5.92 Å². The van der Waals surface area contributed by atoms with Gasteiger partial charge >= 0.3 is 0 Å². The van der Waals surface area contributed by atoms with Crippen LogP contribution in [0.3, 0.4) is 0 Å². The van der Waals surface area contributed by atoms with E-state index >= 15 is 0 Å². The van der Waals surface area contributed by atoms with Crippen LogP contribution in [0.2, 0.25) is 0 Å². The van der Waals surface area contributed by atoms with Gasteiger partial charge in [-0.15, -0.1) is 0 Å². The highest BCUT2D eigenvalue weighted by Crippen LogP contribution is 2.23. The molecule has 0 aliphatic heterocycles. The van der Waals surface area contributed by atoms with Gasteiger partial charge in [-0.2, -0.15) is 0 Å². The van der Waals surface area contributed by atoms with Gasteiger partial charge in [0.2, 0.25) is 5.91 Å². The van der Waals surface area contributed by atoms with Crippen molar-refractivity contribution in [1.29, 1.82) is 0 Å². The summed E-state index contributed by atoms with van der Waals surface area (Å²) in [5.74, 6) is 0.0353. The van der Waals surface area contributed by atoms with E-state index in [1.165, 1.54) is 0 Å². The van der Waals surface area contributed by atoms with Crippen molar-refractivity contribution in [3.05, 3.63) is 65.7 Å². The number of carbonyl (C=O) groups is 1. The molecular formula is C18H22N2O. The summed E-state index contributed by atoms with van der Waals surface area (Å²) < 4.78 is 0. The van der Waals surface area contributed by atoms with Crippen LogP contribution in [0.5, 0.6) is 0 Å². The zero-order chi connectivity index (χ0) is 15.2. The van der Waals surface area contributed by atoms with E-state index in [1.807, 2.05) is 68.6 Å². The van der Waals surface area contributed by atoms with Crippen LogP contribution in [-0.2, 0) is 11.3 Å². The van der Waals surface area contributed by atoms with Gasteiger partial charge in [-0.3, -0.25) is 4.79 Å². The minimum absolute atomic E-state index is 0.0962. The second-order valence-electron chi connectivity index (χ2n) is 5.26. The van der Waals surface area contributed by atoms with Crippen LogP contribution in [0.25, 0.3) is 0 Å². The molecule has 0 radical (unpaired) electrons. The van der Waals surface area contributed by atoms with Gasteiger partial charge in [0.15, 0.2) is 0 Å². The molecule has 0 saturated heterocycles. The SMILES string of the molecule is CCC(C(=O)N(C)Cc1ccccc1N)c1ccccc1. The van der Waals surface area contributed by atoms with E-state index in [0.29, 0.717) is 6.54 Å². The molecule has 0 aromatic heterocycles. The smallest absolute Gasteiger partial charge is 0.230 e.